The summed E-state index contributed by atoms with van der Waals surface area (Å²) in [7, 11) is 0. The van der Waals surface area contributed by atoms with Crippen molar-refractivity contribution in [2.45, 2.75) is 95.8 Å². The fraction of sp³-hybridized carbons (Fsp3) is 0.889. The highest BCUT2D eigenvalue weighted by Crippen LogP contribution is 2.10. The molecule has 0 saturated carbocycles. The van der Waals surface area contributed by atoms with Crippen LogP contribution in [0.25, 0.3) is 0 Å². The van der Waals surface area contributed by atoms with E-state index < -0.39 is 18.2 Å². The zero-order valence-electron chi connectivity index (χ0n) is 14.3. The molecule has 22 heavy (non-hydrogen) atoms. The normalized spacial score (nSPS) is 16.0. The molecular formula is C18H37NO3. The van der Waals surface area contributed by atoms with Crippen molar-refractivity contribution in [3.63, 3.8) is 0 Å². The van der Waals surface area contributed by atoms with Crippen molar-refractivity contribution in [3.8, 4) is 0 Å². The summed E-state index contributed by atoms with van der Waals surface area (Å²) in [6, 6.07) is -0.761. The zero-order valence-corrected chi connectivity index (χ0v) is 14.3. The maximum atomic E-state index is 9.72. The topological polar surface area (TPSA) is 86.7 Å². The molecule has 0 aromatic rings. The molecule has 5 N–H and O–H groups in total. The molecule has 4 nitrogen and oxygen atoms in total. The lowest BCUT2D eigenvalue weighted by Crippen LogP contribution is -2.45. The predicted octanol–water partition coefficient (Wildman–Crippen LogP) is 2.90. The maximum Gasteiger partial charge on any atom is 0.0971 e. The smallest absolute Gasteiger partial charge is 0.0971 e. The van der Waals surface area contributed by atoms with E-state index in [1.165, 1.54) is 44.9 Å². The SMILES string of the molecule is CCCCCCCCCC=CCCCC(O)[C@@H](O)[C@@H](N)CO. The van der Waals surface area contributed by atoms with Crippen molar-refractivity contribution in [3.05, 3.63) is 12.2 Å². The van der Waals surface area contributed by atoms with Gasteiger partial charge in [0, 0.05) is 0 Å². The van der Waals surface area contributed by atoms with Crippen molar-refractivity contribution in [1.82, 2.24) is 0 Å². The molecule has 0 aromatic heterocycles. The van der Waals surface area contributed by atoms with Gasteiger partial charge in [-0.15, -0.1) is 0 Å². The van der Waals surface area contributed by atoms with E-state index in [2.05, 4.69) is 19.1 Å². The van der Waals surface area contributed by atoms with Gasteiger partial charge in [-0.2, -0.15) is 0 Å². The summed E-state index contributed by atoms with van der Waals surface area (Å²) in [5.41, 5.74) is 5.48. The van der Waals surface area contributed by atoms with Gasteiger partial charge in [-0.1, -0.05) is 57.6 Å². The number of aliphatic hydroxyl groups is 3. The van der Waals surface area contributed by atoms with Crippen LogP contribution < -0.4 is 5.73 Å². The minimum Gasteiger partial charge on any atom is -0.395 e. The van der Waals surface area contributed by atoms with Gasteiger partial charge < -0.3 is 21.1 Å². The quantitative estimate of drug-likeness (QED) is 0.276. The molecule has 132 valence electrons. The molecule has 0 fully saturated rings. The van der Waals surface area contributed by atoms with E-state index in [0.29, 0.717) is 6.42 Å². The van der Waals surface area contributed by atoms with Gasteiger partial charge in [0.15, 0.2) is 0 Å². The number of rotatable bonds is 15. The molecule has 0 aliphatic carbocycles. The first-order valence-corrected chi connectivity index (χ1v) is 9.01. The molecule has 0 radical (unpaired) electrons. The second-order valence-corrected chi connectivity index (χ2v) is 6.22. The molecule has 0 bridgehead atoms. The Balaban J connectivity index is 3.40. The van der Waals surface area contributed by atoms with Crippen LogP contribution in [0.2, 0.25) is 0 Å². The van der Waals surface area contributed by atoms with Crippen LogP contribution in [0.4, 0.5) is 0 Å². The third-order valence-corrected chi connectivity index (χ3v) is 4.06. The van der Waals surface area contributed by atoms with Gasteiger partial charge in [0.05, 0.1) is 24.9 Å². The number of hydrogen-bond acceptors (Lipinski definition) is 4. The minimum atomic E-state index is -1.04. The molecule has 1 unspecified atom stereocenters. The van der Waals surface area contributed by atoms with Gasteiger partial charge in [-0.3, -0.25) is 0 Å². The average Bonchev–Trinajstić information content (AvgIpc) is 2.54. The highest BCUT2D eigenvalue weighted by atomic mass is 16.3. The van der Waals surface area contributed by atoms with Gasteiger partial charge in [0.1, 0.15) is 0 Å². The second-order valence-electron chi connectivity index (χ2n) is 6.22. The van der Waals surface area contributed by atoms with Gasteiger partial charge >= 0.3 is 0 Å². The molecule has 0 saturated heterocycles. The van der Waals surface area contributed by atoms with Crippen molar-refractivity contribution in [1.29, 1.82) is 0 Å². The van der Waals surface area contributed by atoms with Crippen LogP contribution >= 0.6 is 0 Å². The van der Waals surface area contributed by atoms with Crippen LogP contribution in [0.3, 0.4) is 0 Å². The Kier molecular flexibility index (Phi) is 15.2. The van der Waals surface area contributed by atoms with Crippen molar-refractivity contribution < 1.29 is 15.3 Å². The molecule has 0 aliphatic heterocycles. The van der Waals surface area contributed by atoms with Crippen molar-refractivity contribution >= 4 is 0 Å². The Hall–Kier alpha value is -0.420. The number of aliphatic hydroxyl groups excluding tert-OH is 3. The van der Waals surface area contributed by atoms with Crippen molar-refractivity contribution in [2.75, 3.05) is 6.61 Å². The van der Waals surface area contributed by atoms with E-state index >= 15 is 0 Å². The second kappa shape index (κ2) is 15.5. The van der Waals surface area contributed by atoms with Crippen LogP contribution in [-0.4, -0.2) is 40.2 Å². The number of allylic oxidation sites excluding steroid dienone is 2. The summed E-state index contributed by atoms with van der Waals surface area (Å²) >= 11 is 0. The molecule has 0 rings (SSSR count). The van der Waals surface area contributed by atoms with E-state index in [4.69, 9.17) is 10.8 Å². The third kappa shape index (κ3) is 12.2. The van der Waals surface area contributed by atoms with Gasteiger partial charge in [0.25, 0.3) is 0 Å². The van der Waals surface area contributed by atoms with E-state index in [-0.39, 0.29) is 6.61 Å². The first-order chi connectivity index (χ1) is 10.6. The minimum absolute atomic E-state index is 0.309. The Morgan fingerprint density at radius 2 is 1.41 bits per heavy atom. The van der Waals surface area contributed by atoms with E-state index in [0.717, 1.165) is 19.3 Å². The molecule has 0 spiro atoms. The summed E-state index contributed by atoms with van der Waals surface area (Å²) in [5.74, 6) is 0. The van der Waals surface area contributed by atoms with E-state index in [9.17, 15) is 10.2 Å². The van der Waals surface area contributed by atoms with Gasteiger partial charge in [-0.05, 0) is 32.1 Å². The van der Waals surface area contributed by atoms with Crippen LogP contribution in [-0.2, 0) is 0 Å². The highest BCUT2D eigenvalue weighted by molar-refractivity contribution is 4.83. The highest BCUT2D eigenvalue weighted by Gasteiger charge is 2.21. The molecule has 0 aromatic carbocycles. The number of unbranched alkanes of at least 4 members (excludes halogenated alkanes) is 8. The monoisotopic (exact) mass is 315 g/mol. The number of hydrogen-bond donors (Lipinski definition) is 4. The first-order valence-electron chi connectivity index (χ1n) is 9.01. The van der Waals surface area contributed by atoms with Crippen LogP contribution in [0.1, 0.15) is 77.6 Å². The Labute approximate surface area is 136 Å². The Morgan fingerprint density at radius 3 is 2.00 bits per heavy atom. The fourth-order valence-electron chi connectivity index (χ4n) is 2.46. The molecule has 0 heterocycles. The summed E-state index contributed by atoms with van der Waals surface area (Å²) in [6.45, 7) is 1.93. The summed E-state index contributed by atoms with van der Waals surface area (Å²) < 4.78 is 0. The lowest BCUT2D eigenvalue weighted by molar-refractivity contribution is -0.0117. The molecule has 0 amide bonds. The van der Waals surface area contributed by atoms with Crippen LogP contribution in [0.5, 0.6) is 0 Å². The largest absolute Gasteiger partial charge is 0.395 e. The molecule has 4 heteroatoms. The van der Waals surface area contributed by atoms with Crippen molar-refractivity contribution in [2.24, 2.45) is 5.73 Å². The summed E-state index contributed by atoms with van der Waals surface area (Å²) in [6.07, 6.45) is 15.2. The van der Waals surface area contributed by atoms with Gasteiger partial charge in [-0.25, -0.2) is 0 Å². The van der Waals surface area contributed by atoms with Gasteiger partial charge in [0.2, 0.25) is 0 Å². The average molecular weight is 315 g/mol. The summed E-state index contributed by atoms with van der Waals surface area (Å²) in [4.78, 5) is 0. The Bertz CT molecular complexity index is 259. The lowest BCUT2D eigenvalue weighted by Gasteiger charge is -2.21. The number of nitrogens with two attached hydrogens (primary N) is 1. The fourth-order valence-corrected chi connectivity index (χ4v) is 2.46. The standard InChI is InChI=1S/C18H37NO3/c1-2-3-4-5-6-7-8-9-10-11-12-13-14-17(21)18(22)16(19)15-20/h10-11,16-18,20-22H,2-9,12-15,19H2,1H3/t16-,17?,18-/m0/s1. The zero-order chi connectivity index (χ0) is 16.6. The molecule has 0 aliphatic rings. The molecular weight excluding hydrogens is 278 g/mol. The maximum absolute atomic E-state index is 9.72. The summed E-state index contributed by atoms with van der Waals surface area (Å²) in [5, 5.41) is 28.1. The lowest BCUT2D eigenvalue weighted by atomic mass is 10.0. The van der Waals surface area contributed by atoms with E-state index in [1.807, 2.05) is 0 Å². The first kappa shape index (κ1) is 21.6. The third-order valence-electron chi connectivity index (χ3n) is 4.06. The van der Waals surface area contributed by atoms with E-state index in [1.54, 1.807) is 0 Å². The molecule has 3 atom stereocenters. The predicted molar refractivity (Wildman–Crippen MR) is 92.7 cm³/mol. The Morgan fingerprint density at radius 1 is 0.864 bits per heavy atom. The van der Waals surface area contributed by atoms with Crippen LogP contribution in [0, 0.1) is 0 Å². The van der Waals surface area contributed by atoms with Crippen LogP contribution in [0.15, 0.2) is 12.2 Å².